The summed E-state index contributed by atoms with van der Waals surface area (Å²) in [5, 5.41) is 2.64. The summed E-state index contributed by atoms with van der Waals surface area (Å²) in [7, 11) is 4.64. The summed E-state index contributed by atoms with van der Waals surface area (Å²) >= 11 is 0. The summed E-state index contributed by atoms with van der Waals surface area (Å²) in [6.07, 6.45) is 1.60. The predicted octanol–water partition coefficient (Wildman–Crippen LogP) is 1.34. The molecule has 2 amide bonds. The molecule has 132 valence electrons. The SMILES string of the molecule is CCc1cc(C(=O)OC)cc(CC)c1CC(=O)NCC(=O)N(C)C. The van der Waals surface area contributed by atoms with Crippen LogP contribution in [0.1, 0.15) is 40.9 Å². The molecule has 0 unspecified atom stereocenters. The zero-order chi connectivity index (χ0) is 18.3. The van der Waals surface area contributed by atoms with Gasteiger partial charge in [0.1, 0.15) is 0 Å². The summed E-state index contributed by atoms with van der Waals surface area (Å²) in [6.45, 7) is 3.94. The van der Waals surface area contributed by atoms with Crippen LogP contribution in [0.4, 0.5) is 0 Å². The number of amides is 2. The number of likely N-dealkylation sites (N-methyl/N-ethyl adjacent to an activating group) is 1. The van der Waals surface area contributed by atoms with Crippen molar-refractivity contribution in [3.63, 3.8) is 0 Å². The van der Waals surface area contributed by atoms with Crippen LogP contribution < -0.4 is 5.32 Å². The first-order chi connectivity index (χ1) is 11.3. The molecule has 1 aromatic carbocycles. The van der Waals surface area contributed by atoms with Gasteiger partial charge < -0.3 is 15.0 Å². The Labute approximate surface area is 143 Å². The molecule has 0 spiro atoms. The van der Waals surface area contributed by atoms with Gasteiger partial charge in [-0.25, -0.2) is 4.79 Å². The molecule has 0 heterocycles. The summed E-state index contributed by atoms with van der Waals surface area (Å²) in [5.74, 6) is -0.747. The Bertz CT molecular complexity index is 598. The van der Waals surface area contributed by atoms with E-state index in [9.17, 15) is 14.4 Å². The lowest BCUT2D eigenvalue weighted by atomic mass is 9.92. The molecule has 6 nitrogen and oxygen atoms in total. The third-order valence-electron chi connectivity index (χ3n) is 3.89. The molecule has 0 aliphatic carbocycles. The van der Waals surface area contributed by atoms with E-state index >= 15 is 0 Å². The van der Waals surface area contributed by atoms with Crippen LogP contribution in [-0.2, 0) is 33.6 Å². The Balaban J connectivity index is 2.99. The molecular weight excluding hydrogens is 308 g/mol. The van der Waals surface area contributed by atoms with Gasteiger partial charge in [0.25, 0.3) is 0 Å². The van der Waals surface area contributed by atoms with Crippen LogP contribution in [0.15, 0.2) is 12.1 Å². The van der Waals surface area contributed by atoms with Crippen molar-refractivity contribution in [2.45, 2.75) is 33.1 Å². The number of hydrogen-bond acceptors (Lipinski definition) is 4. The fourth-order valence-electron chi connectivity index (χ4n) is 2.45. The number of esters is 1. The van der Waals surface area contributed by atoms with E-state index in [0.717, 1.165) is 16.7 Å². The normalized spacial score (nSPS) is 10.2. The van der Waals surface area contributed by atoms with Gasteiger partial charge >= 0.3 is 5.97 Å². The smallest absolute Gasteiger partial charge is 0.337 e. The highest BCUT2D eigenvalue weighted by molar-refractivity contribution is 5.90. The fourth-order valence-corrected chi connectivity index (χ4v) is 2.45. The van der Waals surface area contributed by atoms with E-state index in [0.29, 0.717) is 18.4 Å². The van der Waals surface area contributed by atoms with E-state index in [1.165, 1.54) is 12.0 Å². The van der Waals surface area contributed by atoms with Crippen molar-refractivity contribution in [3.8, 4) is 0 Å². The highest BCUT2D eigenvalue weighted by Crippen LogP contribution is 2.21. The molecule has 0 fully saturated rings. The standard InChI is InChI=1S/C18H26N2O4/c1-6-12-8-14(18(23)24-5)9-13(7-2)15(12)10-16(21)19-11-17(22)20(3)4/h8-9H,6-7,10-11H2,1-5H3,(H,19,21). The van der Waals surface area contributed by atoms with Gasteiger partial charge in [0.2, 0.25) is 11.8 Å². The Morgan fingerprint density at radius 2 is 1.62 bits per heavy atom. The topological polar surface area (TPSA) is 75.7 Å². The van der Waals surface area contributed by atoms with Crippen molar-refractivity contribution >= 4 is 17.8 Å². The molecule has 0 radical (unpaired) electrons. The number of carbonyl (C=O) groups is 3. The lowest BCUT2D eigenvalue weighted by Crippen LogP contribution is -2.37. The zero-order valence-corrected chi connectivity index (χ0v) is 15.1. The van der Waals surface area contributed by atoms with E-state index in [2.05, 4.69) is 5.32 Å². The van der Waals surface area contributed by atoms with Gasteiger partial charge in [-0.2, -0.15) is 0 Å². The van der Waals surface area contributed by atoms with Gasteiger partial charge in [-0.15, -0.1) is 0 Å². The van der Waals surface area contributed by atoms with Crippen LogP contribution in [0, 0.1) is 0 Å². The molecular formula is C18H26N2O4. The van der Waals surface area contributed by atoms with Gasteiger partial charge in [0.05, 0.1) is 25.6 Å². The van der Waals surface area contributed by atoms with E-state index in [-0.39, 0.29) is 30.7 Å². The lowest BCUT2D eigenvalue weighted by molar-refractivity contribution is -0.130. The fraction of sp³-hybridized carbons (Fsp3) is 0.500. The van der Waals surface area contributed by atoms with Gasteiger partial charge in [0, 0.05) is 14.1 Å². The molecule has 1 N–H and O–H groups in total. The zero-order valence-electron chi connectivity index (χ0n) is 15.1. The largest absolute Gasteiger partial charge is 0.465 e. The first-order valence-electron chi connectivity index (χ1n) is 8.03. The minimum absolute atomic E-state index is 0.0189. The van der Waals surface area contributed by atoms with Gasteiger partial charge in [-0.3, -0.25) is 9.59 Å². The third-order valence-corrected chi connectivity index (χ3v) is 3.89. The molecule has 1 aromatic rings. The number of ether oxygens (including phenoxy) is 1. The molecule has 1 rings (SSSR count). The number of rotatable bonds is 7. The molecule has 0 atom stereocenters. The maximum Gasteiger partial charge on any atom is 0.337 e. The summed E-state index contributed by atoms with van der Waals surface area (Å²) < 4.78 is 4.78. The Kier molecular flexibility index (Phi) is 7.42. The number of carbonyl (C=O) groups excluding carboxylic acids is 3. The van der Waals surface area contributed by atoms with Gasteiger partial charge in [-0.05, 0) is 41.7 Å². The van der Waals surface area contributed by atoms with E-state index in [1.807, 2.05) is 13.8 Å². The van der Waals surface area contributed by atoms with Crippen molar-refractivity contribution in [3.05, 3.63) is 34.4 Å². The van der Waals surface area contributed by atoms with Crippen LogP contribution in [0.3, 0.4) is 0 Å². The quantitative estimate of drug-likeness (QED) is 0.764. The van der Waals surface area contributed by atoms with E-state index < -0.39 is 0 Å². The summed E-state index contributed by atoms with van der Waals surface area (Å²) in [5.41, 5.74) is 3.31. The Morgan fingerprint density at radius 1 is 1.08 bits per heavy atom. The Morgan fingerprint density at radius 3 is 2.04 bits per heavy atom. The van der Waals surface area contributed by atoms with Crippen LogP contribution >= 0.6 is 0 Å². The third kappa shape index (κ3) is 5.08. The van der Waals surface area contributed by atoms with Crippen molar-refractivity contribution in [2.24, 2.45) is 0 Å². The van der Waals surface area contributed by atoms with Crippen LogP contribution in [0.5, 0.6) is 0 Å². The van der Waals surface area contributed by atoms with E-state index in [4.69, 9.17) is 4.74 Å². The summed E-state index contributed by atoms with van der Waals surface area (Å²) in [6, 6.07) is 3.55. The molecule has 0 saturated heterocycles. The predicted molar refractivity (Wildman–Crippen MR) is 91.9 cm³/mol. The number of benzene rings is 1. The number of methoxy groups -OCH3 is 1. The second-order valence-electron chi connectivity index (χ2n) is 5.71. The average Bonchev–Trinajstić information content (AvgIpc) is 2.58. The highest BCUT2D eigenvalue weighted by atomic mass is 16.5. The van der Waals surface area contributed by atoms with E-state index in [1.54, 1.807) is 26.2 Å². The molecule has 6 heteroatoms. The number of nitrogens with one attached hydrogen (secondary N) is 1. The second-order valence-corrected chi connectivity index (χ2v) is 5.71. The average molecular weight is 334 g/mol. The van der Waals surface area contributed by atoms with Crippen molar-refractivity contribution < 1.29 is 19.1 Å². The van der Waals surface area contributed by atoms with Crippen LogP contribution in [-0.4, -0.2) is 50.4 Å². The Hall–Kier alpha value is -2.37. The first-order valence-corrected chi connectivity index (χ1v) is 8.03. The van der Waals surface area contributed by atoms with Crippen LogP contribution in [0.25, 0.3) is 0 Å². The van der Waals surface area contributed by atoms with Gasteiger partial charge in [-0.1, -0.05) is 13.8 Å². The number of hydrogen-bond donors (Lipinski definition) is 1. The minimum Gasteiger partial charge on any atom is -0.465 e. The van der Waals surface area contributed by atoms with Crippen LogP contribution in [0.2, 0.25) is 0 Å². The van der Waals surface area contributed by atoms with Crippen molar-refractivity contribution in [1.29, 1.82) is 0 Å². The second kappa shape index (κ2) is 9.05. The summed E-state index contributed by atoms with van der Waals surface area (Å²) in [4.78, 5) is 36.9. The molecule has 0 aliphatic rings. The van der Waals surface area contributed by atoms with Crippen molar-refractivity contribution in [1.82, 2.24) is 10.2 Å². The number of nitrogens with zero attached hydrogens (tertiary/aromatic N) is 1. The molecule has 0 saturated carbocycles. The number of aryl methyl sites for hydroxylation is 2. The molecule has 24 heavy (non-hydrogen) atoms. The first kappa shape index (κ1) is 19.7. The molecule has 0 bridgehead atoms. The minimum atomic E-state index is -0.382. The maximum absolute atomic E-state index is 12.2. The molecule has 0 aromatic heterocycles. The van der Waals surface area contributed by atoms with Gasteiger partial charge in [0.15, 0.2) is 0 Å². The molecule has 0 aliphatic heterocycles. The highest BCUT2D eigenvalue weighted by Gasteiger charge is 2.16. The maximum atomic E-state index is 12.2. The monoisotopic (exact) mass is 334 g/mol. The lowest BCUT2D eigenvalue weighted by Gasteiger charge is -2.16. The van der Waals surface area contributed by atoms with Crippen molar-refractivity contribution in [2.75, 3.05) is 27.7 Å².